The van der Waals surface area contributed by atoms with Crippen molar-refractivity contribution >= 4 is 22.3 Å². The molecular weight excluding hydrogens is 184 g/mol. The Kier molecular flexibility index (Phi) is 2.71. The van der Waals surface area contributed by atoms with Gasteiger partial charge in [-0.1, -0.05) is 20.8 Å². The summed E-state index contributed by atoms with van der Waals surface area (Å²) in [4.78, 5) is 15.6. The second-order valence-electron chi connectivity index (χ2n) is 4.03. The number of Topliss-reactive ketones (excluding diaryl/α,β-unsaturated/α-hetero) is 1. The van der Waals surface area contributed by atoms with Crippen LogP contribution in [0.1, 0.15) is 26.5 Å². The van der Waals surface area contributed by atoms with Crippen LogP contribution in [-0.4, -0.2) is 10.8 Å². The molecule has 0 unspecified atom stereocenters. The molecule has 0 aliphatic carbocycles. The van der Waals surface area contributed by atoms with Crippen LogP contribution in [0.5, 0.6) is 0 Å². The van der Waals surface area contributed by atoms with Crippen molar-refractivity contribution in [2.75, 3.05) is 5.73 Å². The molecule has 13 heavy (non-hydrogen) atoms. The van der Waals surface area contributed by atoms with Gasteiger partial charge in [0.1, 0.15) is 5.78 Å². The highest BCUT2D eigenvalue weighted by Crippen LogP contribution is 2.19. The molecule has 1 rings (SSSR count). The highest BCUT2D eigenvalue weighted by Gasteiger charge is 2.21. The average molecular weight is 198 g/mol. The minimum absolute atomic E-state index is 0.192. The summed E-state index contributed by atoms with van der Waals surface area (Å²) in [6, 6.07) is 0. The molecule has 0 spiro atoms. The number of carbonyl (C=O) groups is 1. The van der Waals surface area contributed by atoms with Crippen molar-refractivity contribution in [3.63, 3.8) is 0 Å². The first kappa shape index (κ1) is 10.2. The lowest BCUT2D eigenvalue weighted by Gasteiger charge is -2.15. The molecule has 0 radical (unpaired) electrons. The molecule has 2 N–H and O–H groups in total. The normalized spacial score (nSPS) is 11.6. The summed E-state index contributed by atoms with van der Waals surface area (Å²) in [5, 5.41) is 2.36. The van der Waals surface area contributed by atoms with Gasteiger partial charge in [-0.05, 0) is 0 Å². The summed E-state index contributed by atoms with van der Waals surface area (Å²) < 4.78 is 0. The maximum absolute atomic E-state index is 11.6. The number of hydrogen-bond donors (Lipinski definition) is 1. The summed E-state index contributed by atoms with van der Waals surface area (Å²) >= 11 is 1.37. The summed E-state index contributed by atoms with van der Waals surface area (Å²) in [6.45, 7) is 5.72. The molecule has 3 nitrogen and oxygen atoms in total. The van der Waals surface area contributed by atoms with E-state index in [9.17, 15) is 4.79 Å². The number of hydrogen-bond acceptors (Lipinski definition) is 4. The van der Waals surface area contributed by atoms with Gasteiger partial charge in [0.25, 0.3) is 0 Å². The van der Waals surface area contributed by atoms with Gasteiger partial charge in [-0.25, -0.2) is 4.98 Å². The van der Waals surface area contributed by atoms with Crippen LogP contribution in [0.3, 0.4) is 0 Å². The molecule has 1 aromatic heterocycles. The monoisotopic (exact) mass is 198 g/mol. The van der Waals surface area contributed by atoms with Crippen LogP contribution < -0.4 is 5.73 Å². The zero-order valence-corrected chi connectivity index (χ0v) is 8.94. The minimum Gasteiger partial charge on any atom is -0.375 e. The lowest BCUT2D eigenvalue weighted by Crippen LogP contribution is -2.22. The number of thiazole rings is 1. The van der Waals surface area contributed by atoms with Crippen LogP contribution in [0.15, 0.2) is 5.38 Å². The highest BCUT2D eigenvalue weighted by atomic mass is 32.1. The van der Waals surface area contributed by atoms with Crippen molar-refractivity contribution in [3.8, 4) is 0 Å². The third kappa shape index (κ3) is 2.81. The molecule has 0 saturated heterocycles. The molecule has 0 aromatic carbocycles. The SMILES string of the molecule is CC(C)(C)C(=O)Cc1csc(N)n1. The second kappa shape index (κ2) is 3.46. The van der Waals surface area contributed by atoms with Gasteiger partial charge in [0.05, 0.1) is 12.1 Å². The Morgan fingerprint density at radius 3 is 2.62 bits per heavy atom. The van der Waals surface area contributed by atoms with Crippen LogP contribution >= 0.6 is 11.3 Å². The van der Waals surface area contributed by atoms with Crippen molar-refractivity contribution in [1.82, 2.24) is 4.98 Å². The predicted molar refractivity (Wildman–Crippen MR) is 54.7 cm³/mol. The van der Waals surface area contributed by atoms with Crippen molar-refractivity contribution in [3.05, 3.63) is 11.1 Å². The van der Waals surface area contributed by atoms with Crippen molar-refractivity contribution in [2.45, 2.75) is 27.2 Å². The van der Waals surface area contributed by atoms with E-state index in [0.717, 1.165) is 5.69 Å². The van der Waals surface area contributed by atoms with Gasteiger partial charge < -0.3 is 5.73 Å². The summed E-state index contributed by atoms with van der Waals surface area (Å²) in [5.41, 5.74) is 5.95. The van der Waals surface area contributed by atoms with Gasteiger partial charge in [0.2, 0.25) is 0 Å². The van der Waals surface area contributed by atoms with Gasteiger partial charge >= 0.3 is 0 Å². The topological polar surface area (TPSA) is 56.0 Å². The van der Waals surface area contributed by atoms with Gasteiger partial charge in [-0.15, -0.1) is 11.3 Å². The standard InChI is InChI=1S/C9H14N2OS/c1-9(2,3)7(12)4-6-5-13-8(10)11-6/h5H,4H2,1-3H3,(H2,10,11). The quantitative estimate of drug-likeness (QED) is 0.789. The average Bonchev–Trinajstić information content (AvgIpc) is 2.33. The smallest absolute Gasteiger partial charge is 0.180 e. The Bertz CT molecular complexity index is 312. The van der Waals surface area contributed by atoms with E-state index in [0.29, 0.717) is 11.6 Å². The van der Waals surface area contributed by atoms with Gasteiger partial charge in [0.15, 0.2) is 5.13 Å². The van der Waals surface area contributed by atoms with Gasteiger partial charge in [-0.2, -0.15) is 0 Å². The number of rotatable bonds is 2. The molecule has 0 fully saturated rings. The van der Waals surface area contributed by atoms with E-state index in [1.165, 1.54) is 11.3 Å². The zero-order chi connectivity index (χ0) is 10.1. The van der Waals surface area contributed by atoms with E-state index in [2.05, 4.69) is 4.98 Å². The molecule has 0 aliphatic heterocycles. The lowest BCUT2D eigenvalue weighted by atomic mass is 9.88. The van der Waals surface area contributed by atoms with E-state index in [-0.39, 0.29) is 11.2 Å². The molecule has 1 aromatic rings. The summed E-state index contributed by atoms with van der Waals surface area (Å²) in [6.07, 6.45) is 0.386. The molecule has 0 atom stereocenters. The molecule has 0 amide bonds. The minimum atomic E-state index is -0.293. The lowest BCUT2D eigenvalue weighted by molar-refractivity contribution is -0.125. The van der Waals surface area contributed by atoms with Crippen molar-refractivity contribution in [1.29, 1.82) is 0 Å². The zero-order valence-electron chi connectivity index (χ0n) is 8.13. The maximum atomic E-state index is 11.6. The van der Waals surface area contributed by atoms with E-state index < -0.39 is 0 Å². The molecule has 1 heterocycles. The van der Waals surface area contributed by atoms with Crippen LogP contribution in [0.4, 0.5) is 5.13 Å². The van der Waals surface area contributed by atoms with Gasteiger partial charge in [0, 0.05) is 10.8 Å². The molecule has 0 bridgehead atoms. The highest BCUT2D eigenvalue weighted by molar-refractivity contribution is 7.13. The maximum Gasteiger partial charge on any atom is 0.180 e. The number of nitrogens with zero attached hydrogens (tertiary/aromatic N) is 1. The fourth-order valence-electron chi connectivity index (χ4n) is 0.833. The third-order valence-corrected chi connectivity index (χ3v) is 2.47. The Hall–Kier alpha value is -0.900. The fourth-order valence-corrected chi connectivity index (χ4v) is 1.40. The Balaban J connectivity index is 2.65. The van der Waals surface area contributed by atoms with E-state index in [1.807, 2.05) is 26.2 Å². The molecule has 72 valence electrons. The predicted octanol–water partition coefficient (Wildman–Crippen LogP) is 1.88. The molecule has 4 heteroatoms. The van der Waals surface area contributed by atoms with E-state index >= 15 is 0 Å². The van der Waals surface area contributed by atoms with Crippen LogP contribution in [-0.2, 0) is 11.2 Å². The Labute approximate surface area is 82.0 Å². The number of ketones is 1. The van der Waals surface area contributed by atoms with E-state index in [4.69, 9.17) is 5.73 Å². The van der Waals surface area contributed by atoms with Crippen LogP contribution in [0, 0.1) is 5.41 Å². The first-order valence-electron chi connectivity index (χ1n) is 4.13. The van der Waals surface area contributed by atoms with Crippen molar-refractivity contribution in [2.24, 2.45) is 5.41 Å². The fraction of sp³-hybridized carbons (Fsp3) is 0.556. The molecular formula is C9H14N2OS. The van der Waals surface area contributed by atoms with Gasteiger partial charge in [-0.3, -0.25) is 4.79 Å². The number of carbonyl (C=O) groups excluding carboxylic acids is 1. The van der Waals surface area contributed by atoms with E-state index in [1.54, 1.807) is 0 Å². The number of anilines is 1. The molecule has 0 saturated carbocycles. The van der Waals surface area contributed by atoms with Crippen molar-refractivity contribution < 1.29 is 4.79 Å². The largest absolute Gasteiger partial charge is 0.375 e. The number of nitrogen functional groups attached to an aromatic ring is 1. The third-order valence-electron chi connectivity index (χ3n) is 1.75. The summed E-state index contributed by atoms with van der Waals surface area (Å²) in [7, 11) is 0. The van der Waals surface area contributed by atoms with Crippen LogP contribution in [0.2, 0.25) is 0 Å². The second-order valence-corrected chi connectivity index (χ2v) is 4.92. The Morgan fingerprint density at radius 1 is 1.62 bits per heavy atom. The first-order chi connectivity index (χ1) is 5.89. The number of nitrogens with two attached hydrogens (primary N) is 1. The summed E-state index contributed by atoms with van der Waals surface area (Å²) in [5.74, 6) is 0.192. The first-order valence-corrected chi connectivity index (χ1v) is 5.01. The van der Waals surface area contributed by atoms with Crippen LogP contribution in [0.25, 0.3) is 0 Å². The number of aromatic nitrogens is 1. The Morgan fingerprint density at radius 2 is 2.23 bits per heavy atom. The molecule has 0 aliphatic rings.